The Hall–Kier alpha value is -2.88. The molecule has 4 heteroatoms. The van der Waals surface area contributed by atoms with E-state index in [1.54, 1.807) is 6.20 Å². The number of aromatic nitrogens is 2. The molecule has 2 aromatic carbocycles. The zero-order valence-corrected chi connectivity index (χ0v) is 14.1. The summed E-state index contributed by atoms with van der Waals surface area (Å²) in [5.74, 6) is 1.40. The van der Waals surface area contributed by atoms with Crippen molar-refractivity contribution in [2.75, 3.05) is 10.6 Å². The molecule has 0 aliphatic carbocycles. The topological polar surface area (TPSA) is 49.8 Å². The van der Waals surface area contributed by atoms with Crippen LogP contribution >= 0.6 is 0 Å². The third kappa shape index (κ3) is 4.32. The lowest BCUT2D eigenvalue weighted by Gasteiger charge is -2.09. The molecule has 3 rings (SSSR count). The SMILES string of the molecule is CCc1ccc(Nc2nccc(NCc3cccc(C)c3)n2)cc1. The first-order valence-electron chi connectivity index (χ1n) is 8.21. The molecule has 0 atom stereocenters. The van der Waals surface area contributed by atoms with E-state index in [2.05, 4.69) is 83.0 Å². The van der Waals surface area contributed by atoms with E-state index >= 15 is 0 Å². The van der Waals surface area contributed by atoms with Crippen LogP contribution in [0.5, 0.6) is 0 Å². The normalized spacial score (nSPS) is 10.4. The molecule has 0 spiro atoms. The molecule has 0 saturated heterocycles. The summed E-state index contributed by atoms with van der Waals surface area (Å²) in [4.78, 5) is 8.80. The van der Waals surface area contributed by atoms with Crippen molar-refractivity contribution in [3.05, 3.63) is 77.5 Å². The van der Waals surface area contributed by atoms with Gasteiger partial charge in [0.2, 0.25) is 5.95 Å². The molecule has 0 radical (unpaired) electrons. The van der Waals surface area contributed by atoms with Crippen LogP contribution in [-0.4, -0.2) is 9.97 Å². The zero-order chi connectivity index (χ0) is 16.8. The number of aryl methyl sites for hydroxylation is 2. The summed E-state index contributed by atoms with van der Waals surface area (Å²) >= 11 is 0. The van der Waals surface area contributed by atoms with Crippen LogP contribution in [0.1, 0.15) is 23.6 Å². The van der Waals surface area contributed by atoms with Gasteiger partial charge in [-0.05, 0) is 42.7 Å². The van der Waals surface area contributed by atoms with Crippen LogP contribution < -0.4 is 10.6 Å². The number of nitrogens with zero attached hydrogens (tertiary/aromatic N) is 2. The van der Waals surface area contributed by atoms with Gasteiger partial charge in [-0.3, -0.25) is 0 Å². The van der Waals surface area contributed by atoms with Gasteiger partial charge in [0.05, 0.1) is 0 Å². The molecule has 0 amide bonds. The van der Waals surface area contributed by atoms with Gasteiger partial charge < -0.3 is 10.6 Å². The third-order valence-electron chi connectivity index (χ3n) is 3.83. The first kappa shape index (κ1) is 16.0. The fourth-order valence-corrected chi connectivity index (χ4v) is 2.48. The largest absolute Gasteiger partial charge is 0.366 e. The lowest BCUT2D eigenvalue weighted by molar-refractivity contribution is 1.08. The number of hydrogen-bond acceptors (Lipinski definition) is 4. The molecule has 0 aliphatic rings. The van der Waals surface area contributed by atoms with Crippen molar-refractivity contribution in [1.82, 2.24) is 9.97 Å². The fraction of sp³-hybridized carbons (Fsp3) is 0.200. The highest BCUT2D eigenvalue weighted by Crippen LogP contribution is 2.16. The standard InChI is InChI=1S/C20H22N4/c1-3-16-7-9-18(10-8-16)23-20-21-12-11-19(24-20)22-14-17-6-4-5-15(2)13-17/h4-13H,3,14H2,1-2H3,(H2,21,22,23,24). The maximum atomic E-state index is 4.51. The first-order chi connectivity index (χ1) is 11.7. The second-order valence-electron chi connectivity index (χ2n) is 5.78. The minimum atomic E-state index is 0.591. The van der Waals surface area contributed by atoms with E-state index in [1.165, 1.54) is 16.7 Å². The molecule has 0 saturated carbocycles. The highest BCUT2D eigenvalue weighted by atomic mass is 15.1. The minimum absolute atomic E-state index is 0.591. The molecular weight excluding hydrogens is 296 g/mol. The van der Waals surface area contributed by atoms with E-state index in [0.29, 0.717) is 5.95 Å². The zero-order valence-electron chi connectivity index (χ0n) is 14.1. The van der Waals surface area contributed by atoms with Gasteiger partial charge in [0.15, 0.2) is 0 Å². The Morgan fingerprint density at radius 3 is 2.54 bits per heavy atom. The van der Waals surface area contributed by atoms with Crippen LogP contribution in [0.2, 0.25) is 0 Å². The van der Waals surface area contributed by atoms with Crippen molar-refractivity contribution in [1.29, 1.82) is 0 Å². The second kappa shape index (κ2) is 7.59. The molecular formula is C20H22N4. The van der Waals surface area contributed by atoms with Gasteiger partial charge in [-0.1, -0.05) is 48.9 Å². The van der Waals surface area contributed by atoms with E-state index < -0.39 is 0 Å². The van der Waals surface area contributed by atoms with E-state index in [0.717, 1.165) is 24.5 Å². The fourth-order valence-electron chi connectivity index (χ4n) is 2.48. The van der Waals surface area contributed by atoms with E-state index in [9.17, 15) is 0 Å². The Balaban J connectivity index is 1.65. The van der Waals surface area contributed by atoms with Gasteiger partial charge in [-0.25, -0.2) is 4.98 Å². The predicted octanol–water partition coefficient (Wildman–Crippen LogP) is 4.70. The van der Waals surface area contributed by atoms with E-state index in [4.69, 9.17) is 0 Å². The van der Waals surface area contributed by atoms with Gasteiger partial charge in [0, 0.05) is 18.4 Å². The molecule has 2 N–H and O–H groups in total. The molecule has 0 aliphatic heterocycles. The van der Waals surface area contributed by atoms with Crippen LogP contribution in [0.3, 0.4) is 0 Å². The Kier molecular flexibility index (Phi) is 5.06. The van der Waals surface area contributed by atoms with Gasteiger partial charge >= 0.3 is 0 Å². The van der Waals surface area contributed by atoms with Crippen molar-refractivity contribution < 1.29 is 0 Å². The molecule has 3 aromatic rings. The van der Waals surface area contributed by atoms with Crippen molar-refractivity contribution in [2.45, 2.75) is 26.8 Å². The second-order valence-corrected chi connectivity index (χ2v) is 5.78. The summed E-state index contributed by atoms with van der Waals surface area (Å²) in [7, 11) is 0. The lowest BCUT2D eigenvalue weighted by atomic mass is 10.1. The summed E-state index contributed by atoms with van der Waals surface area (Å²) in [6.45, 7) is 4.98. The Labute approximate surface area is 143 Å². The van der Waals surface area contributed by atoms with Crippen molar-refractivity contribution >= 4 is 17.5 Å². The Morgan fingerprint density at radius 1 is 0.958 bits per heavy atom. The van der Waals surface area contributed by atoms with E-state index in [1.807, 2.05) is 6.07 Å². The van der Waals surface area contributed by atoms with E-state index in [-0.39, 0.29) is 0 Å². The highest BCUT2D eigenvalue weighted by molar-refractivity contribution is 5.55. The highest BCUT2D eigenvalue weighted by Gasteiger charge is 2.01. The molecule has 0 fully saturated rings. The van der Waals surface area contributed by atoms with Crippen LogP contribution in [-0.2, 0) is 13.0 Å². The molecule has 4 nitrogen and oxygen atoms in total. The molecule has 0 unspecified atom stereocenters. The molecule has 1 heterocycles. The van der Waals surface area contributed by atoms with Crippen molar-refractivity contribution in [2.24, 2.45) is 0 Å². The molecule has 0 bridgehead atoms. The summed E-state index contributed by atoms with van der Waals surface area (Å²) in [5, 5.41) is 6.58. The number of anilines is 3. The monoisotopic (exact) mass is 318 g/mol. The molecule has 1 aromatic heterocycles. The Morgan fingerprint density at radius 2 is 1.79 bits per heavy atom. The maximum Gasteiger partial charge on any atom is 0.229 e. The summed E-state index contributed by atoms with van der Waals surface area (Å²) < 4.78 is 0. The summed E-state index contributed by atoms with van der Waals surface area (Å²) in [5.41, 5.74) is 4.80. The smallest absolute Gasteiger partial charge is 0.229 e. The van der Waals surface area contributed by atoms with Gasteiger partial charge in [-0.15, -0.1) is 0 Å². The van der Waals surface area contributed by atoms with Crippen LogP contribution in [0, 0.1) is 6.92 Å². The number of benzene rings is 2. The lowest BCUT2D eigenvalue weighted by Crippen LogP contribution is -2.04. The minimum Gasteiger partial charge on any atom is -0.366 e. The third-order valence-corrected chi connectivity index (χ3v) is 3.83. The summed E-state index contributed by atoms with van der Waals surface area (Å²) in [6.07, 6.45) is 2.80. The van der Waals surface area contributed by atoms with Crippen LogP contribution in [0.4, 0.5) is 17.5 Å². The first-order valence-corrected chi connectivity index (χ1v) is 8.21. The maximum absolute atomic E-state index is 4.51. The number of rotatable bonds is 6. The average molecular weight is 318 g/mol. The molecule has 24 heavy (non-hydrogen) atoms. The molecule has 122 valence electrons. The van der Waals surface area contributed by atoms with Crippen LogP contribution in [0.25, 0.3) is 0 Å². The van der Waals surface area contributed by atoms with Crippen molar-refractivity contribution in [3.63, 3.8) is 0 Å². The van der Waals surface area contributed by atoms with Crippen LogP contribution in [0.15, 0.2) is 60.8 Å². The Bertz CT molecular complexity index is 797. The van der Waals surface area contributed by atoms with Crippen molar-refractivity contribution in [3.8, 4) is 0 Å². The van der Waals surface area contributed by atoms with Gasteiger partial charge in [0.25, 0.3) is 0 Å². The number of nitrogens with one attached hydrogen (secondary N) is 2. The van der Waals surface area contributed by atoms with Gasteiger partial charge in [0.1, 0.15) is 5.82 Å². The number of hydrogen-bond donors (Lipinski definition) is 2. The van der Waals surface area contributed by atoms with Gasteiger partial charge in [-0.2, -0.15) is 4.98 Å². The predicted molar refractivity (Wildman–Crippen MR) is 99.6 cm³/mol. The summed E-state index contributed by atoms with van der Waals surface area (Å²) in [6, 6.07) is 18.6. The average Bonchev–Trinajstić information content (AvgIpc) is 2.61. The quantitative estimate of drug-likeness (QED) is 0.691.